The molecule has 8 heteroatoms. The van der Waals surface area contributed by atoms with E-state index in [1.54, 1.807) is 19.9 Å². The third-order valence-electron chi connectivity index (χ3n) is 6.72. The number of imide groups is 1. The monoisotopic (exact) mass is 502 g/mol. The van der Waals surface area contributed by atoms with Crippen LogP contribution in [0.15, 0.2) is 34.8 Å². The number of hydrogen-bond acceptors (Lipinski definition) is 5. The van der Waals surface area contributed by atoms with E-state index in [0.29, 0.717) is 5.69 Å². The molecular weight excluding hydrogens is 476 g/mol. The van der Waals surface area contributed by atoms with E-state index < -0.39 is 24.5 Å². The number of carbonyl (C=O) groups is 4. The number of ether oxygens (including phenoxy) is 1. The number of benzene rings is 1. The average Bonchev–Trinajstić information content (AvgIpc) is 3.43. The van der Waals surface area contributed by atoms with Crippen LogP contribution in [0.1, 0.15) is 32.8 Å². The minimum atomic E-state index is -1.04. The summed E-state index contributed by atoms with van der Waals surface area (Å²) in [5.74, 6) is -2.74. The number of allylic oxidation sites excluding steroid dienone is 2. The Labute approximate surface area is 195 Å². The number of halogens is 1. The Kier molecular flexibility index (Phi) is 6.25. The molecule has 2 bridgehead atoms. The van der Waals surface area contributed by atoms with Gasteiger partial charge in [0, 0.05) is 10.2 Å². The molecule has 1 N–H and O–H groups in total. The van der Waals surface area contributed by atoms with Crippen LogP contribution in [0.4, 0.5) is 5.69 Å². The number of nitrogens with one attached hydrogen (secondary N) is 1. The van der Waals surface area contributed by atoms with E-state index in [9.17, 15) is 19.2 Å². The first-order valence-corrected chi connectivity index (χ1v) is 11.8. The van der Waals surface area contributed by atoms with Gasteiger partial charge in [0.25, 0.3) is 5.91 Å². The minimum Gasteiger partial charge on any atom is -0.454 e. The summed E-state index contributed by atoms with van der Waals surface area (Å²) in [5.41, 5.74) is 1.60. The predicted octanol–water partition coefficient (Wildman–Crippen LogP) is 3.32. The van der Waals surface area contributed by atoms with Gasteiger partial charge in [-0.3, -0.25) is 19.3 Å². The van der Waals surface area contributed by atoms with Crippen LogP contribution in [-0.4, -0.2) is 41.2 Å². The van der Waals surface area contributed by atoms with Gasteiger partial charge >= 0.3 is 5.97 Å². The molecule has 1 aromatic rings. The van der Waals surface area contributed by atoms with Crippen LogP contribution in [0.5, 0.6) is 0 Å². The molecule has 1 aliphatic heterocycles. The van der Waals surface area contributed by atoms with Crippen LogP contribution in [0.2, 0.25) is 0 Å². The molecule has 3 amide bonds. The number of rotatable bonds is 7. The van der Waals surface area contributed by atoms with Gasteiger partial charge in [-0.25, -0.2) is 4.79 Å². The summed E-state index contributed by atoms with van der Waals surface area (Å²) in [6.07, 6.45) is 5.58. The van der Waals surface area contributed by atoms with Crippen molar-refractivity contribution in [2.24, 2.45) is 29.6 Å². The highest BCUT2D eigenvalue weighted by molar-refractivity contribution is 9.10. The van der Waals surface area contributed by atoms with Gasteiger partial charge in [0.1, 0.15) is 6.04 Å². The average molecular weight is 503 g/mol. The van der Waals surface area contributed by atoms with Crippen LogP contribution in [0, 0.1) is 29.6 Å². The number of nitrogens with zero attached hydrogens (tertiary/aromatic N) is 1. The molecule has 0 spiro atoms. The number of esters is 1. The molecule has 2 fully saturated rings. The highest BCUT2D eigenvalue weighted by atomic mass is 79.9. The van der Waals surface area contributed by atoms with Gasteiger partial charge in [0.2, 0.25) is 11.8 Å². The number of carbonyl (C=O) groups excluding carboxylic acids is 4. The van der Waals surface area contributed by atoms with Gasteiger partial charge in [-0.05, 0) is 54.4 Å². The normalized spacial score (nSPS) is 26.6. The molecule has 4 rings (SSSR count). The second kappa shape index (κ2) is 8.81. The first-order valence-electron chi connectivity index (χ1n) is 11.0. The first kappa shape index (κ1) is 22.7. The van der Waals surface area contributed by atoms with Crippen LogP contribution < -0.4 is 5.32 Å². The SMILES string of the molecule is CCc1cc(Br)ccc1NC(=O)COC(=O)[C@@H](C(C)C)N1C(=O)[C@@H]2[C@H](C1=O)[C@H]1C=C[C@H]2C1. The fraction of sp³-hybridized carbons (Fsp3) is 0.500. The molecule has 2 aliphatic carbocycles. The standard InChI is InChI=1S/C24H27BrN2O5/c1-4-13-10-16(25)7-8-17(13)26-18(28)11-32-24(31)21(12(2)3)27-22(29)19-14-5-6-15(9-14)20(19)23(27)30/h5-8,10,12,14-15,19-21H,4,9,11H2,1-3H3,(H,26,28)/t14-,15-,19-,20+,21+/m0/s1. The lowest BCUT2D eigenvalue weighted by Crippen LogP contribution is -2.50. The van der Waals surface area contributed by atoms with E-state index in [1.165, 1.54) is 0 Å². The van der Waals surface area contributed by atoms with Crippen molar-refractivity contribution in [2.75, 3.05) is 11.9 Å². The molecule has 170 valence electrons. The number of aryl methyl sites for hydroxylation is 1. The van der Waals surface area contributed by atoms with Crippen molar-refractivity contribution in [1.82, 2.24) is 4.90 Å². The predicted molar refractivity (Wildman–Crippen MR) is 121 cm³/mol. The maximum atomic E-state index is 13.1. The largest absolute Gasteiger partial charge is 0.454 e. The van der Waals surface area contributed by atoms with Crippen molar-refractivity contribution in [3.8, 4) is 0 Å². The van der Waals surface area contributed by atoms with E-state index in [4.69, 9.17) is 4.74 Å². The summed E-state index contributed by atoms with van der Waals surface area (Å²) in [6, 6.07) is 4.48. The maximum Gasteiger partial charge on any atom is 0.330 e. The summed E-state index contributed by atoms with van der Waals surface area (Å²) in [5, 5.41) is 2.76. The Morgan fingerprint density at radius 1 is 1.16 bits per heavy atom. The van der Waals surface area contributed by atoms with Gasteiger partial charge in [0.05, 0.1) is 11.8 Å². The van der Waals surface area contributed by atoms with Crippen molar-refractivity contribution >= 4 is 45.3 Å². The Morgan fingerprint density at radius 3 is 2.34 bits per heavy atom. The molecule has 3 aliphatic rings. The van der Waals surface area contributed by atoms with Gasteiger partial charge in [0.15, 0.2) is 6.61 Å². The van der Waals surface area contributed by atoms with Gasteiger partial charge in [-0.1, -0.05) is 48.9 Å². The summed E-state index contributed by atoms with van der Waals surface area (Å²) in [4.78, 5) is 52.6. The molecule has 0 unspecified atom stereocenters. The summed E-state index contributed by atoms with van der Waals surface area (Å²) in [7, 11) is 0. The second-order valence-electron chi connectivity index (χ2n) is 9.05. The van der Waals surface area contributed by atoms with Gasteiger partial charge in [-0.15, -0.1) is 0 Å². The zero-order valence-corrected chi connectivity index (χ0v) is 19.9. The molecule has 7 nitrogen and oxygen atoms in total. The van der Waals surface area contributed by atoms with Crippen LogP contribution in [0.3, 0.4) is 0 Å². The van der Waals surface area contributed by atoms with Crippen molar-refractivity contribution in [3.63, 3.8) is 0 Å². The lowest BCUT2D eigenvalue weighted by atomic mass is 9.85. The van der Waals surface area contributed by atoms with Crippen LogP contribution in [-0.2, 0) is 30.3 Å². The number of hydrogen-bond donors (Lipinski definition) is 1. The van der Waals surface area contributed by atoms with Gasteiger partial charge in [-0.2, -0.15) is 0 Å². The minimum absolute atomic E-state index is 0.0692. The lowest BCUT2D eigenvalue weighted by Gasteiger charge is -2.28. The van der Waals surface area contributed by atoms with Crippen molar-refractivity contribution in [3.05, 3.63) is 40.4 Å². The Hall–Kier alpha value is -2.48. The quantitative estimate of drug-likeness (QED) is 0.350. The Morgan fingerprint density at radius 2 is 1.78 bits per heavy atom. The van der Waals surface area contributed by atoms with Crippen LogP contribution >= 0.6 is 15.9 Å². The van der Waals surface area contributed by atoms with Crippen molar-refractivity contribution in [1.29, 1.82) is 0 Å². The van der Waals surface area contributed by atoms with E-state index in [2.05, 4.69) is 21.2 Å². The number of likely N-dealkylation sites (tertiary alicyclic amines) is 1. The smallest absolute Gasteiger partial charge is 0.330 e. The summed E-state index contributed by atoms with van der Waals surface area (Å²) in [6.45, 7) is 5.02. The zero-order valence-electron chi connectivity index (χ0n) is 18.3. The highest BCUT2D eigenvalue weighted by Gasteiger charge is 2.61. The molecule has 1 heterocycles. The Bertz CT molecular complexity index is 974. The molecular formula is C24H27BrN2O5. The first-order chi connectivity index (χ1) is 15.2. The number of anilines is 1. The number of amides is 3. The topological polar surface area (TPSA) is 92.8 Å². The van der Waals surface area contributed by atoms with Crippen LogP contribution in [0.25, 0.3) is 0 Å². The maximum absolute atomic E-state index is 13.1. The molecule has 1 aromatic carbocycles. The van der Waals surface area contributed by atoms with E-state index >= 15 is 0 Å². The third-order valence-corrected chi connectivity index (χ3v) is 7.22. The lowest BCUT2D eigenvalue weighted by molar-refractivity contribution is -0.162. The highest BCUT2D eigenvalue weighted by Crippen LogP contribution is 2.53. The van der Waals surface area contributed by atoms with E-state index in [1.807, 2.05) is 31.2 Å². The molecule has 0 aromatic heterocycles. The molecule has 0 radical (unpaired) electrons. The molecule has 1 saturated carbocycles. The number of fused-ring (bicyclic) bond motifs is 5. The summed E-state index contributed by atoms with van der Waals surface area (Å²) >= 11 is 3.41. The molecule has 32 heavy (non-hydrogen) atoms. The molecule has 1 saturated heterocycles. The third kappa shape index (κ3) is 3.89. The van der Waals surface area contributed by atoms with Crippen molar-refractivity contribution < 1.29 is 23.9 Å². The summed E-state index contributed by atoms with van der Waals surface area (Å²) < 4.78 is 6.18. The Balaban J connectivity index is 1.42. The van der Waals surface area contributed by atoms with Gasteiger partial charge < -0.3 is 10.1 Å². The van der Waals surface area contributed by atoms with E-state index in [-0.39, 0.29) is 41.4 Å². The zero-order chi connectivity index (χ0) is 23.2. The fourth-order valence-electron chi connectivity index (χ4n) is 5.26. The van der Waals surface area contributed by atoms with Crippen molar-refractivity contribution in [2.45, 2.75) is 39.7 Å². The van der Waals surface area contributed by atoms with E-state index in [0.717, 1.165) is 27.8 Å². The molecule has 5 atom stereocenters. The fourth-order valence-corrected chi connectivity index (χ4v) is 5.67. The second-order valence-corrected chi connectivity index (χ2v) is 9.96.